The molecular formula is C13H21ClN2OS. The van der Waals surface area contributed by atoms with E-state index in [1.807, 2.05) is 12.1 Å². The lowest BCUT2D eigenvalue weighted by atomic mass is 9.87. The summed E-state index contributed by atoms with van der Waals surface area (Å²) in [4.78, 5) is 12.8. The van der Waals surface area contributed by atoms with E-state index in [2.05, 4.69) is 26.1 Å². The SMILES string of the molecule is CC(C)(C)CC(N)CC(=O)NCc1ccc(Cl)s1. The van der Waals surface area contributed by atoms with E-state index in [0.29, 0.717) is 13.0 Å². The van der Waals surface area contributed by atoms with Crippen LogP contribution in [0.4, 0.5) is 0 Å². The van der Waals surface area contributed by atoms with E-state index >= 15 is 0 Å². The van der Waals surface area contributed by atoms with Crippen molar-refractivity contribution in [2.45, 2.75) is 46.2 Å². The molecule has 1 heterocycles. The molecule has 3 nitrogen and oxygen atoms in total. The Morgan fingerprint density at radius 2 is 2.17 bits per heavy atom. The smallest absolute Gasteiger partial charge is 0.221 e. The van der Waals surface area contributed by atoms with Crippen LogP contribution in [0.25, 0.3) is 0 Å². The molecule has 0 aromatic carbocycles. The van der Waals surface area contributed by atoms with Crippen molar-refractivity contribution in [2.75, 3.05) is 0 Å². The molecule has 102 valence electrons. The summed E-state index contributed by atoms with van der Waals surface area (Å²) in [5, 5.41) is 2.86. The number of amides is 1. The highest BCUT2D eigenvalue weighted by Crippen LogP contribution is 2.22. The largest absolute Gasteiger partial charge is 0.351 e. The lowest BCUT2D eigenvalue weighted by Gasteiger charge is -2.22. The zero-order valence-electron chi connectivity index (χ0n) is 11.1. The summed E-state index contributed by atoms with van der Waals surface area (Å²) >= 11 is 7.30. The molecule has 0 spiro atoms. The van der Waals surface area contributed by atoms with Gasteiger partial charge in [0.1, 0.15) is 0 Å². The standard InChI is InChI=1S/C13H21ClN2OS/c1-13(2,3)7-9(15)6-12(17)16-8-10-4-5-11(14)18-10/h4-5,9H,6-8,15H2,1-3H3,(H,16,17). The molecule has 1 aromatic heterocycles. The predicted molar refractivity (Wildman–Crippen MR) is 77.8 cm³/mol. The molecule has 0 radical (unpaired) electrons. The van der Waals surface area contributed by atoms with Gasteiger partial charge in [0.15, 0.2) is 0 Å². The average Bonchev–Trinajstić information content (AvgIpc) is 2.58. The lowest BCUT2D eigenvalue weighted by Crippen LogP contribution is -2.33. The zero-order chi connectivity index (χ0) is 13.8. The number of carbonyl (C=O) groups excluding carboxylic acids is 1. The minimum absolute atomic E-state index is 0.00345. The van der Waals surface area contributed by atoms with E-state index in [1.165, 1.54) is 11.3 Å². The second-order valence-corrected chi connectivity index (χ2v) is 7.51. The van der Waals surface area contributed by atoms with Gasteiger partial charge < -0.3 is 11.1 Å². The van der Waals surface area contributed by atoms with Gasteiger partial charge in [-0.25, -0.2) is 0 Å². The molecule has 18 heavy (non-hydrogen) atoms. The summed E-state index contributed by atoms with van der Waals surface area (Å²) in [5.41, 5.74) is 6.11. The fourth-order valence-electron chi connectivity index (χ4n) is 1.80. The van der Waals surface area contributed by atoms with Crippen molar-refractivity contribution in [3.63, 3.8) is 0 Å². The Balaban J connectivity index is 2.29. The molecule has 0 aliphatic heterocycles. The van der Waals surface area contributed by atoms with Crippen LogP contribution in [0.3, 0.4) is 0 Å². The first-order valence-corrected chi connectivity index (χ1v) is 7.22. The van der Waals surface area contributed by atoms with Gasteiger partial charge >= 0.3 is 0 Å². The van der Waals surface area contributed by atoms with Crippen molar-refractivity contribution in [1.82, 2.24) is 5.32 Å². The summed E-state index contributed by atoms with van der Waals surface area (Å²) in [6.07, 6.45) is 1.21. The first-order valence-electron chi connectivity index (χ1n) is 6.03. The summed E-state index contributed by atoms with van der Waals surface area (Å²) < 4.78 is 0.740. The van der Waals surface area contributed by atoms with Crippen molar-refractivity contribution < 1.29 is 4.79 Å². The number of rotatable bonds is 5. The van der Waals surface area contributed by atoms with Gasteiger partial charge in [0.25, 0.3) is 0 Å². The highest BCUT2D eigenvalue weighted by molar-refractivity contribution is 7.16. The summed E-state index contributed by atoms with van der Waals surface area (Å²) in [7, 11) is 0. The molecule has 0 aliphatic carbocycles. The van der Waals surface area contributed by atoms with Crippen LogP contribution in [0.1, 0.15) is 38.5 Å². The Morgan fingerprint density at radius 1 is 1.50 bits per heavy atom. The van der Waals surface area contributed by atoms with Crippen LogP contribution in [0.2, 0.25) is 4.34 Å². The number of carbonyl (C=O) groups is 1. The highest BCUT2D eigenvalue weighted by Gasteiger charge is 2.18. The minimum Gasteiger partial charge on any atom is -0.351 e. The number of hydrogen-bond acceptors (Lipinski definition) is 3. The van der Waals surface area contributed by atoms with Crippen molar-refractivity contribution >= 4 is 28.8 Å². The van der Waals surface area contributed by atoms with Crippen molar-refractivity contribution in [3.8, 4) is 0 Å². The van der Waals surface area contributed by atoms with E-state index in [1.54, 1.807) is 0 Å². The van der Waals surface area contributed by atoms with Gasteiger partial charge in [0.05, 0.1) is 10.9 Å². The van der Waals surface area contributed by atoms with E-state index in [-0.39, 0.29) is 17.4 Å². The van der Waals surface area contributed by atoms with Gasteiger partial charge in [-0.05, 0) is 24.0 Å². The average molecular weight is 289 g/mol. The molecule has 0 aliphatic rings. The number of nitrogens with one attached hydrogen (secondary N) is 1. The van der Waals surface area contributed by atoms with Crippen LogP contribution >= 0.6 is 22.9 Å². The number of halogens is 1. The Kier molecular flexibility index (Phi) is 5.63. The van der Waals surface area contributed by atoms with Crippen LogP contribution in [0, 0.1) is 5.41 Å². The maximum atomic E-state index is 11.7. The summed E-state index contributed by atoms with van der Waals surface area (Å²) in [6, 6.07) is 3.67. The molecule has 1 amide bonds. The molecule has 3 N–H and O–H groups in total. The molecule has 1 atom stereocenters. The van der Waals surface area contributed by atoms with Crippen LogP contribution in [0.15, 0.2) is 12.1 Å². The fourth-order valence-corrected chi connectivity index (χ4v) is 2.83. The molecule has 1 rings (SSSR count). The van der Waals surface area contributed by atoms with E-state index in [9.17, 15) is 4.79 Å². The van der Waals surface area contributed by atoms with Crippen molar-refractivity contribution in [1.29, 1.82) is 0 Å². The maximum Gasteiger partial charge on any atom is 0.221 e. The van der Waals surface area contributed by atoms with Crippen LogP contribution in [-0.4, -0.2) is 11.9 Å². The third-order valence-corrected chi connectivity index (χ3v) is 3.64. The molecule has 0 saturated carbocycles. The molecular weight excluding hydrogens is 268 g/mol. The molecule has 1 unspecified atom stereocenters. The van der Waals surface area contributed by atoms with Gasteiger partial charge in [-0.15, -0.1) is 11.3 Å². The summed E-state index contributed by atoms with van der Waals surface area (Å²) in [6.45, 7) is 6.90. The van der Waals surface area contributed by atoms with Crippen LogP contribution < -0.4 is 11.1 Å². The van der Waals surface area contributed by atoms with Gasteiger partial charge in [0.2, 0.25) is 5.91 Å². The fraction of sp³-hybridized carbons (Fsp3) is 0.615. The number of thiophene rings is 1. The Bertz CT molecular complexity index is 398. The molecule has 0 saturated heterocycles. The third kappa shape index (κ3) is 6.38. The quantitative estimate of drug-likeness (QED) is 0.874. The monoisotopic (exact) mass is 288 g/mol. The second-order valence-electron chi connectivity index (χ2n) is 5.71. The second kappa shape index (κ2) is 6.55. The zero-order valence-corrected chi connectivity index (χ0v) is 12.7. The first-order chi connectivity index (χ1) is 8.26. The van der Waals surface area contributed by atoms with Gasteiger partial charge in [0, 0.05) is 17.3 Å². The Hall–Kier alpha value is -0.580. The number of nitrogens with two attached hydrogens (primary N) is 1. The van der Waals surface area contributed by atoms with E-state index < -0.39 is 0 Å². The predicted octanol–water partition coefficient (Wildman–Crippen LogP) is 3.17. The van der Waals surface area contributed by atoms with Gasteiger partial charge in [-0.2, -0.15) is 0 Å². The van der Waals surface area contributed by atoms with Gasteiger partial charge in [-0.1, -0.05) is 32.4 Å². The Morgan fingerprint density at radius 3 is 2.67 bits per heavy atom. The van der Waals surface area contributed by atoms with E-state index in [0.717, 1.165) is 15.6 Å². The lowest BCUT2D eigenvalue weighted by molar-refractivity contribution is -0.121. The normalized spacial score (nSPS) is 13.4. The minimum atomic E-state index is -0.0862. The molecule has 1 aromatic rings. The Labute approximate surface area is 118 Å². The maximum absolute atomic E-state index is 11.7. The topological polar surface area (TPSA) is 55.1 Å². The molecule has 0 fully saturated rings. The first kappa shape index (κ1) is 15.5. The molecule has 0 bridgehead atoms. The van der Waals surface area contributed by atoms with Crippen molar-refractivity contribution in [2.24, 2.45) is 11.1 Å². The van der Waals surface area contributed by atoms with Crippen molar-refractivity contribution in [3.05, 3.63) is 21.3 Å². The number of hydrogen-bond donors (Lipinski definition) is 2. The van der Waals surface area contributed by atoms with Crippen LogP contribution in [-0.2, 0) is 11.3 Å². The third-order valence-electron chi connectivity index (χ3n) is 2.41. The molecule has 5 heteroatoms. The van der Waals surface area contributed by atoms with Crippen LogP contribution in [0.5, 0.6) is 0 Å². The summed E-state index contributed by atoms with van der Waals surface area (Å²) in [5.74, 6) is -0.00345. The van der Waals surface area contributed by atoms with E-state index in [4.69, 9.17) is 17.3 Å². The highest BCUT2D eigenvalue weighted by atomic mass is 35.5. The van der Waals surface area contributed by atoms with Gasteiger partial charge in [-0.3, -0.25) is 4.79 Å².